The Hall–Kier alpha value is -2.31. The van der Waals surface area contributed by atoms with Crippen LogP contribution in [0.15, 0.2) is 23.4 Å². The van der Waals surface area contributed by atoms with Gasteiger partial charge in [-0.05, 0) is 6.07 Å². The highest BCUT2D eigenvalue weighted by Crippen LogP contribution is 2.23. The molecular weight excluding hydrogens is 212 g/mol. The molecule has 0 aliphatic heterocycles. The molecule has 16 heavy (non-hydrogen) atoms. The zero-order valence-electron chi connectivity index (χ0n) is 8.91. The minimum absolute atomic E-state index is 0.104. The summed E-state index contributed by atoms with van der Waals surface area (Å²) in [7, 11) is 3.52. The van der Waals surface area contributed by atoms with Crippen LogP contribution in [0.1, 0.15) is 5.56 Å². The van der Waals surface area contributed by atoms with E-state index in [1.54, 1.807) is 25.1 Å². The van der Waals surface area contributed by atoms with Gasteiger partial charge in [-0.3, -0.25) is 10.1 Å². The fraction of sp³-hybridized carbons (Fsp3) is 0.222. The van der Waals surface area contributed by atoms with E-state index in [0.717, 1.165) is 0 Å². The monoisotopic (exact) mass is 224 g/mol. The summed E-state index contributed by atoms with van der Waals surface area (Å²) in [5.41, 5.74) is 6.31. The molecule has 0 amide bonds. The summed E-state index contributed by atoms with van der Waals surface area (Å²) < 4.78 is 0. The normalized spacial score (nSPS) is 11.2. The number of nitrogens with zero attached hydrogens (tertiary/aromatic N) is 3. The minimum atomic E-state index is -0.534. The van der Waals surface area contributed by atoms with Crippen molar-refractivity contribution in [2.45, 2.75) is 0 Å². The summed E-state index contributed by atoms with van der Waals surface area (Å²) in [5.74, 6) is -0.160. The number of nitro groups is 1. The van der Waals surface area contributed by atoms with Gasteiger partial charge < -0.3 is 15.8 Å². The first kappa shape index (κ1) is 11.8. The molecule has 1 aromatic carbocycles. The average molecular weight is 224 g/mol. The molecule has 0 heterocycles. The van der Waals surface area contributed by atoms with Crippen LogP contribution >= 0.6 is 0 Å². The zero-order valence-corrected chi connectivity index (χ0v) is 8.91. The number of non-ortho nitro benzene ring substituents is 1. The van der Waals surface area contributed by atoms with E-state index in [2.05, 4.69) is 5.16 Å². The van der Waals surface area contributed by atoms with E-state index < -0.39 is 4.92 Å². The van der Waals surface area contributed by atoms with Crippen LogP contribution in [0.5, 0.6) is 0 Å². The van der Waals surface area contributed by atoms with Crippen molar-refractivity contribution in [3.63, 3.8) is 0 Å². The molecule has 0 atom stereocenters. The standard InChI is InChI=1S/C9H12N4O3/c1-12(2)8-4-3-6(13(15)16)5-7(8)9(10)11-14/h3-5,14H,1-2H3,(H2,10,11). The van der Waals surface area contributed by atoms with Crippen LogP contribution < -0.4 is 10.6 Å². The van der Waals surface area contributed by atoms with Crippen molar-refractivity contribution in [2.75, 3.05) is 19.0 Å². The van der Waals surface area contributed by atoms with Crippen molar-refractivity contribution in [2.24, 2.45) is 10.9 Å². The highest BCUT2D eigenvalue weighted by atomic mass is 16.6. The zero-order chi connectivity index (χ0) is 12.3. The van der Waals surface area contributed by atoms with E-state index in [0.29, 0.717) is 11.3 Å². The third kappa shape index (κ3) is 2.19. The Morgan fingerprint density at radius 2 is 2.19 bits per heavy atom. The summed E-state index contributed by atoms with van der Waals surface area (Å²) in [6, 6.07) is 4.18. The highest BCUT2D eigenvalue weighted by Gasteiger charge is 2.14. The first-order valence-corrected chi connectivity index (χ1v) is 4.41. The van der Waals surface area contributed by atoms with Crippen molar-refractivity contribution in [3.05, 3.63) is 33.9 Å². The Morgan fingerprint density at radius 1 is 1.56 bits per heavy atom. The maximum atomic E-state index is 10.6. The molecule has 1 rings (SSSR count). The molecule has 3 N–H and O–H groups in total. The molecule has 0 unspecified atom stereocenters. The number of benzene rings is 1. The quantitative estimate of drug-likeness (QED) is 0.259. The lowest BCUT2D eigenvalue weighted by molar-refractivity contribution is -0.384. The Balaban J connectivity index is 3.38. The molecule has 7 nitrogen and oxygen atoms in total. The molecule has 0 aliphatic rings. The number of hydrogen-bond acceptors (Lipinski definition) is 5. The topological polar surface area (TPSA) is 105 Å². The second-order valence-electron chi connectivity index (χ2n) is 3.34. The minimum Gasteiger partial charge on any atom is -0.409 e. The Kier molecular flexibility index (Phi) is 3.29. The molecule has 0 bridgehead atoms. The van der Waals surface area contributed by atoms with Gasteiger partial charge in [0.15, 0.2) is 5.84 Å². The summed E-state index contributed by atoms with van der Waals surface area (Å²) in [4.78, 5) is 11.8. The molecule has 0 aromatic heterocycles. The van der Waals surface area contributed by atoms with Gasteiger partial charge >= 0.3 is 0 Å². The van der Waals surface area contributed by atoms with Crippen LogP contribution in [-0.4, -0.2) is 30.1 Å². The molecule has 86 valence electrons. The van der Waals surface area contributed by atoms with Gasteiger partial charge in [0, 0.05) is 31.9 Å². The number of hydrogen-bond donors (Lipinski definition) is 2. The largest absolute Gasteiger partial charge is 0.409 e. The van der Waals surface area contributed by atoms with E-state index in [9.17, 15) is 10.1 Å². The van der Waals surface area contributed by atoms with Gasteiger partial charge in [0.05, 0.1) is 10.5 Å². The van der Waals surface area contributed by atoms with Gasteiger partial charge in [0.25, 0.3) is 5.69 Å². The third-order valence-electron chi connectivity index (χ3n) is 2.06. The van der Waals surface area contributed by atoms with Crippen molar-refractivity contribution in [3.8, 4) is 0 Å². The predicted octanol–water partition coefficient (Wildman–Crippen LogP) is 0.755. The summed E-state index contributed by atoms with van der Waals surface area (Å²) >= 11 is 0. The van der Waals surface area contributed by atoms with Gasteiger partial charge in [-0.25, -0.2) is 0 Å². The lowest BCUT2D eigenvalue weighted by Gasteiger charge is -2.16. The second kappa shape index (κ2) is 4.47. The van der Waals surface area contributed by atoms with Crippen LogP contribution in [0.2, 0.25) is 0 Å². The first-order valence-electron chi connectivity index (χ1n) is 4.41. The van der Waals surface area contributed by atoms with E-state index in [4.69, 9.17) is 10.9 Å². The van der Waals surface area contributed by atoms with Gasteiger partial charge in [-0.2, -0.15) is 0 Å². The van der Waals surface area contributed by atoms with Crippen molar-refractivity contribution in [1.82, 2.24) is 0 Å². The van der Waals surface area contributed by atoms with Crippen LogP contribution in [-0.2, 0) is 0 Å². The van der Waals surface area contributed by atoms with Crippen LogP contribution in [0.25, 0.3) is 0 Å². The third-order valence-corrected chi connectivity index (χ3v) is 2.06. The van der Waals surface area contributed by atoms with E-state index in [1.807, 2.05) is 0 Å². The SMILES string of the molecule is CN(C)c1ccc([N+](=O)[O-])cc1C(N)=NO. The van der Waals surface area contributed by atoms with Crippen molar-refractivity contribution < 1.29 is 10.1 Å². The molecule has 0 spiro atoms. The highest BCUT2D eigenvalue weighted by molar-refractivity contribution is 6.02. The van der Waals surface area contributed by atoms with Gasteiger partial charge in [0.1, 0.15) is 0 Å². The summed E-state index contributed by atoms with van der Waals surface area (Å²) in [6.07, 6.45) is 0. The Labute approximate surface area is 91.9 Å². The maximum absolute atomic E-state index is 10.6. The summed E-state index contributed by atoms with van der Waals surface area (Å²) in [5, 5.41) is 22.0. The number of rotatable bonds is 3. The average Bonchev–Trinajstić information content (AvgIpc) is 2.26. The van der Waals surface area contributed by atoms with Crippen LogP contribution in [0.4, 0.5) is 11.4 Å². The number of nitro benzene ring substituents is 1. The number of nitrogens with two attached hydrogens (primary N) is 1. The second-order valence-corrected chi connectivity index (χ2v) is 3.34. The van der Waals surface area contributed by atoms with E-state index in [-0.39, 0.29) is 11.5 Å². The molecule has 0 saturated carbocycles. The Morgan fingerprint density at radius 3 is 2.62 bits per heavy atom. The number of anilines is 1. The molecular formula is C9H12N4O3. The smallest absolute Gasteiger partial charge is 0.270 e. The first-order chi connectivity index (χ1) is 7.47. The molecule has 7 heteroatoms. The number of amidine groups is 1. The van der Waals surface area contributed by atoms with Gasteiger partial charge in [-0.1, -0.05) is 5.16 Å². The lowest BCUT2D eigenvalue weighted by Crippen LogP contribution is -2.19. The summed E-state index contributed by atoms with van der Waals surface area (Å²) in [6.45, 7) is 0. The van der Waals surface area contributed by atoms with Crippen LogP contribution in [0, 0.1) is 10.1 Å². The molecule has 0 aliphatic carbocycles. The predicted molar refractivity (Wildman–Crippen MR) is 59.9 cm³/mol. The van der Waals surface area contributed by atoms with Gasteiger partial charge in [-0.15, -0.1) is 0 Å². The molecule has 0 radical (unpaired) electrons. The fourth-order valence-corrected chi connectivity index (χ4v) is 1.29. The molecule has 0 fully saturated rings. The van der Waals surface area contributed by atoms with E-state index >= 15 is 0 Å². The van der Waals surface area contributed by atoms with Crippen molar-refractivity contribution in [1.29, 1.82) is 0 Å². The van der Waals surface area contributed by atoms with E-state index in [1.165, 1.54) is 12.1 Å². The maximum Gasteiger partial charge on any atom is 0.270 e. The molecule has 0 saturated heterocycles. The fourth-order valence-electron chi connectivity index (χ4n) is 1.29. The Bertz CT molecular complexity index is 442. The van der Waals surface area contributed by atoms with Gasteiger partial charge in [0.2, 0.25) is 0 Å². The van der Waals surface area contributed by atoms with Crippen molar-refractivity contribution >= 4 is 17.2 Å². The lowest BCUT2D eigenvalue weighted by atomic mass is 10.1. The van der Waals surface area contributed by atoms with Crippen LogP contribution in [0.3, 0.4) is 0 Å². The molecule has 1 aromatic rings. The number of oxime groups is 1.